The van der Waals surface area contributed by atoms with Crippen LogP contribution in [-0.4, -0.2) is 40.0 Å². The van der Waals surface area contributed by atoms with Crippen molar-refractivity contribution in [3.05, 3.63) is 0 Å². The zero-order valence-corrected chi connectivity index (χ0v) is 17.1. The van der Waals surface area contributed by atoms with E-state index in [-0.39, 0.29) is 19.4 Å². The van der Waals surface area contributed by atoms with Gasteiger partial charge in [0.25, 0.3) is 0 Å². The summed E-state index contributed by atoms with van der Waals surface area (Å²) in [7, 11) is -4.65. The van der Waals surface area contributed by atoms with Crippen LogP contribution in [0.25, 0.3) is 0 Å². The van der Waals surface area contributed by atoms with Crippen molar-refractivity contribution in [1.29, 1.82) is 0 Å². The number of aliphatic hydroxyl groups excluding tert-OH is 2. The lowest BCUT2D eigenvalue weighted by Gasteiger charge is -2.36. The average molecular weight is 414 g/mol. The highest BCUT2D eigenvalue weighted by Crippen LogP contribution is 2.51. The van der Waals surface area contributed by atoms with Gasteiger partial charge in [0.1, 0.15) is 11.7 Å². The van der Waals surface area contributed by atoms with Gasteiger partial charge >= 0.3 is 7.82 Å². The largest absolute Gasteiger partial charge is 0.502 e. The maximum absolute atomic E-state index is 11.9. The maximum atomic E-state index is 11.9. The normalized spacial score (nSPS) is 28.3. The third-order valence-corrected chi connectivity index (χ3v) is 5.68. The molecule has 0 saturated carbocycles. The lowest BCUT2D eigenvalue weighted by atomic mass is 9.87. The molecule has 0 amide bonds. The molecule has 0 aliphatic carbocycles. The first-order valence-corrected chi connectivity index (χ1v) is 11.4. The topological polar surface area (TPSA) is 124 Å². The van der Waals surface area contributed by atoms with Crippen LogP contribution >= 0.6 is 7.82 Å². The number of aliphatic hydroxyl groups is 2. The van der Waals surface area contributed by atoms with E-state index in [1.54, 1.807) is 0 Å². The van der Waals surface area contributed by atoms with E-state index in [1.807, 2.05) is 0 Å². The lowest BCUT2D eigenvalue weighted by Crippen LogP contribution is -2.47. The van der Waals surface area contributed by atoms with Crippen LogP contribution < -0.4 is 0 Å². The molecular formula is C17H35O9P. The molecule has 0 aromatic heterocycles. The third-order valence-electron chi connectivity index (χ3n) is 4.84. The molecule has 0 spiro atoms. The molecule has 0 bridgehead atoms. The smallest absolute Gasteiger partial charge is 0.394 e. The van der Waals surface area contributed by atoms with Crippen molar-refractivity contribution in [3.63, 3.8) is 0 Å². The van der Waals surface area contributed by atoms with Crippen molar-refractivity contribution < 1.29 is 43.8 Å². The van der Waals surface area contributed by atoms with E-state index in [9.17, 15) is 19.7 Å². The average Bonchev–Trinajstić information content (AvgIpc) is 2.71. The molecule has 1 rings (SSSR count). The summed E-state index contributed by atoms with van der Waals surface area (Å²) in [6.07, 6.45) is 10.2. The first kappa shape index (κ1) is 24.9. The minimum absolute atomic E-state index is 0.0312. The maximum Gasteiger partial charge on any atom is 0.502 e. The Bertz CT molecular complexity index is 423. The van der Waals surface area contributed by atoms with Gasteiger partial charge in [0, 0.05) is 6.42 Å². The van der Waals surface area contributed by atoms with Crippen LogP contribution in [0, 0.1) is 0 Å². The van der Waals surface area contributed by atoms with Crippen molar-refractivity contribution in [2.24, 2.45) is 0 Å². The molecule has 3 unspecified atom stereocenters. The predicted octanol–water partition coefficient (Wildman–Crippen LogP) is 3.72. The van der Waals surface area contributed by atoms with Crippen LogP contribution in [0.15, 0.2) is 0 Å². The van der Waals surface area contributed by atoms with Crippen molar-refractivity contribution in [2.45, 2.75) is 95.7 Å². The van der Waals surface area contributed by atoms with Crippen LogP contribution in [0.1, 0.15) is 84.0 Å². The summed E-state index contributed by atoms with van der Waals surface area (Å²) >= 11 is 0. The quantitative estimate of drug-likeness (QED) is 0.235. The summed E-state index contributed by atoms with van der Waals surface area (Å²) in [5, 5.41) is 27.7. The van der Waals surface area contributed by atoms with E-state index in [2.05, 4.69) is 26.6 Å². The summed E-state index contributed by atoms with van der Waals surface area (Å²) in [6, 6.07) is 0. The van der Waals surface area contributed by atoms with Gasteiger partial charge in [0.15, 0.2) is 0 Å². The van der Waals surface area contributed by atoms with Gasteiger partial charge in [-0.25, -0.2) is 9.45 Å². The molecule has 162 valence electrons. The molecule has 3 N–H and O–H groups in total. The Kier molecular flexibility index (Phi) is 12.9. The van der Waals surface area contributed by atoms with Crippen LogP contribution in [0.4, 0.5) is 0 Å². The summed E-state index contributed by atoms with van der Waals surface area (Å²) in [5.74, 6) is 0. The highest BCUT2D eigenvalue weighted by molar-refractivity contribution is 7.47. The fraction of sp³-hybridized carbons (Fsp3) is 1.00. The Labute approximate surface area is 161 Å². The molecule has 0 aromatic carbocycles. The molecule has 3 atom stereocenters. The van der Waals surface area contributed by atoms with E-state index < -0.39 is 26.1 Å². The van der Waals surface area contributed by atoms with Gasteiger partial charge in [-0.1, -0.05) is 75.8 Å². The number of hydrogen-bond donors (Lipinski definition) is 3. The van der Waals surface area contributed by atoms with Crippen LogP contribution in [0.3, 0.4) is 0 Å². The minimum atomic E-state index is -4.65. The Morgan fingerprint density at radius 2 is 1.59 bits per heavy atom. The Morgan fingerprint density at radius 1 is 1.00 bits per heavy atom. The zero-order chi connectivity index (χ0) is 20.0. The SMILES string of the molecule is CCCCCCCCCCCCC1(C(O)CO)CCOOOOP(=O)(O)O1. The van der Waals surface area contributed by atoms with Gasteiger partial charge in [-0.05, 0) is 16.5 Å². The van der Waals surface area contributed by atoms with Gasteiger partial charge in [-0.3, -0.25) is 4.52 Å². The van der Waals surface area contributed by atoms with Crippen molar-refractivity contribution in [1.82, 2.24) is 0 Å². The minimum Gasteiger partial charge on any atom is -0.394 e. The molecule has 1 fully saturated rings. The second-order valence-electron chi connectivity index (χ2n) is 7.04. The molecule has 1 saturated heterocycles. The molecular weight excluding hydrogens is 379 g/mol. The predicted molar refractivity (Wildman–Crippen MR) is 97.0 cm³/mol. The second-order valence-corrected chi connectivity index (χ2v) is 8.31. The first-order chi connectivity index (χ1) is 13.0. The summed E-state index contributed by atoms with van der Waals surface area (Å²) in [6.45, 7) is 1.51. The molecule has 10 heteroatoms. The zero-order valence-electron chi connectivity index (χ0n) is 16.2. The van der Waals surface area contributed by atoms with Crippen molar-refractivity contribution in [3.8, 4) is 0 Å². The molecule has 1 aliphatic rings. The Hall–Kier alpha value is -0.0900. The summed E-state index contributed by atoms with van der Waals surface area (Å²) < 4.78 is 21.3. The van der Waals surface area contributed by atoms with Gasteiger partial charge in [0.2, 0.25) is 0 Å². The van der Waals surface area contributed by atoms with Crippen LogP contribution in [0.2, 0.25) is 0 Å². The Balaban J connectivity index is 2.43. The summed E-state index contributed by atoms with van der Waals surface area (Å²) in [5.41, 5.74) is -1.49. The standard InChI is InChI=1S/C17H35O9P/c1-2-3-4-5-6-7-8-9-10-11-12-17(16(19)15-18)13-14-22-24-25-26-27(20,21)23-17/h16,18-19H,2-15H2,1H3,(H,20,21). The van der Waals surface area contributed by atoms with E-state index in [1.165, 1.54) is 38.5 Å². The van der Waals surface area contributed by atoms with Gasteiger partial charge in [-0.2, -0.15) is 0 Å². The summed E-state index contributed by atoms with van der Waals surface area (Å²) in [4.78, 5) is 14.3. The number of rotatable bonds is 13. The van der Waals surface area contributed by atoms with Crippen molar-refractivity contribution in [2.75, 3.05) is 13.2 Å². The van der Waals surface area contributed by atoms with E-state index in [4.69, 9.17) is 4.52 Å². The molecule has 0 aromatic rings. The number of hydrogen-bond acceptors (Lipinski definition) is 8. The monoisotopic (exact) mass is 414 g/mol. The van der Waals surface area contributed by atoms with Crippen molar-refractivity contribution >= 4 is 7.82 Å². The second kappa shape index (κ2) is 14.0. The van der Waals surface area contributed by atoms with E-state index >= 15 is 0 Å². The third kappa shape index (κ3) is 10.3. The Morgan fingerprint density at radius 3 is 2.19 bits per heavy atom. The number of unbranched alkanes of at least 4 members (excludes halogenated alkanes) is 9. The highest BCUT2D eigenvalue weighted by Gasteiger charge is 2.46. The first-order valence-electron chi connectivity index (χ1n) is 9.93. The highest BCUT2D eigenvalue weighted by atomic mass is 31.2. The molecule has 1 aliphatic heterocycles. The van der Waals surface area contributed by atoms with Crippen LogP contribution in [-0.2, 0) is 28.7 Å². The molecule has 27 heavy (non-hydrogen) atoms. The van der Waals surface area contributed by atoms with Gasteiger partial charge < -0.3 is 15.1 Å². The van der Waals surface area contributed by atoms with Gasteiger partial charge in [-0.15, -0.1) is 0 Å². The van der Waals surface area contributed by atoms with E-state index in [0.29, 0.717) is 6.42 Å². The number of phosphoric acid groups is 1. The number of phosphoric ester groups is 1. The molecule has 9 nitrogen and oxygen atoms in total. The fourth-order valence-corrected chi connectivity index (χ4v) is 4.15. The lowest BCUT2D eigenvalue weighted by molar-refractivity contribution is -0.609. The molecule has 0 radical (unpaired) electrons. The molecule has 1 heterocycles. The van der Waals surface area contributed by atoms with Crippen LogP contribution in [0.5, 0.6) is 0 Å². The fourth-order valence-electron chi connectivity index (χ4n) is 3.25. The van der Waals surface area contributed by atoms with E-state index in [0.717, 1.165) is 19.3 Å². The van der Waals surface area contributed by atoms with Gasteiger partial charge in [0.05, 0.1) is 13.2 Å².